The Balaban J connectivity index is 2.00. The Kier molecular flexibility index (Phi) is 2.87. The number of ketones is 1. The molecule has 1 aromatic carbocycles. The summed E-state index contributed by atoms with van der Waals surface area (Å²) >= 11 is 0. The SMILES string of the molecule is Cc1cccc(C(=O)CC(N)C2CC2)c1. The van der Waals surface area contributed by atoms with Gasteiger partial charge in [-0.25, -0.2) is 0 Å². The first-order valence-electron chi connectivity index (χ1n) is 5.52. The largest absolute Gasteiger partial charge is 0.327 e. The summed E-state index contributed by atoms with van der Waals surface area (Å²) in [4.78, 5) is 11.9. The molecular formula is C13H17NO. The molecule has 2 nitrogen and oxygen atoms in total. The first-order valence-corrected chi connectivity index (χ1v) is 5.52. The van der Waals surface area contributed by atoms with Crippen LogP contribution >= 0.6 is 0 Å². The number of carbonyl (C=O) groups is 1. The van der Waals surface area contributed by atoms with E-state index in [0.717, 1.165) is 11.1 Å². The molecule has 0 spiro atoms. The number of nitrogens with two attached hydrogens (primary N) is 1. The van der Waals surface area contributed by atoms with Crippen LogP contribution in [0.25, 0.3) is 0 Å². The fourth-order valence-electron chi connectivity index (χ4n) is 1.84. The molecule has 1 atom stereocenters. The van der Waals surface area contributed by atoms with Crippen LogP contribution in [0.1, 0.15) is 35.2 Å². The van der Waals surface area contributed by atoms with Gasteiger partial charge in [0.25, 0.3) is 0 Å². The van der Waals surface area contributed by atoms with Crippen molar-refractivity contribution in [2.24, 2.45) is 11.7 Å². The van der Waals surface area contributed by atoms with Crippen molar-refractivity contribution in [2.45, 2.75) is 32.2 Å². The van der Waals surface area contributed by atoms with Crippen molar-refractivity contribution >= 4 is 5.78 Å². The van der Waals surface area contributed by atoms with E-state index in [1.807, 2.05) is 31.2 Å². The van der Waals surface area contributed by atoms with Gasteiger partial charge in [0.2, 0.25) is 0 Å². The second kappa shape index (κ2) is 4.15. The van der Waals surface area contributed by atoms with Crippen molar-refractivity contribution < 1.29 is 4.79 Å². The summed E-state index contributed by atoms with van der Waals surface area (Å²) in [6.45, 7) is 2.00. The lowest BCUT2D eigenvalue weighted by molar-refractivity contribution is 0.0971. The van der Waals surface area contributed by atoms with Gasteiger partial charge < -0.3 is 5.73 Å². The molecule has 1 aliphatic carbocycles. The molecule has 0 radical (unpaired) electrons. The van der Waals surface area contributed by atoms with E-state index >= 15 is 0 Å². The Labute approximate surface area is 90.5 Å². The van der Waals surface area contributed by atoms with Crippen molar-refractivity contribution in [1.29, 1.82) is 0 Å². The molecule has 1 aliphatic rings. The Bertz CT molecular complexity index is 369. The summed E-state index contributed by atoms with van der Waals surface area (Å²) < 4.78 is 0. The number of hydrogen-bond acceptors (Lipinski definition) is 2. The molecule has 1 fully saturated rings. The van der Waals surface area contributed by atoms with Crippen LogP contribution < -0.4 is 5.73 Å². The third-order valence-electron chi connectivity index (χ3n) is 2.99. The summed E-state index contributed by atoms with van der Waals surface area (Å²) in [7, 11) is 0. The maximum absolute atomic E-state index is 11.9. The third kappa shape index (κ3) is 2.66. The Morgan fingerprint density at radius 2 is 2.27 bits per heavy atom. The van der Waals surface area contributed by atoms with Crippen LogP contribution in [0.5, 0.6) is 0 Å². The number of aryl methyl sites for hydroxylation is 1. The van der Waals surface area contributed by atoms with E-state index in [1.165, 1.54) is 12.8 Å². The van der Waals surface area contributed by atoms with Crippen molar-refractivity contribution in [1.82, 2.24) is 0 Å². The number of Topliss-reactive ketones (excluding diaryl/α,β-unsaturated/α-hetero) is 1. The van der Waals surface area contributed by atoms with E-state index in [4.69, 9.17) is 5.73 Å². The van der Waals surface area contributed by atoms with E-state index in [2.05, 4.69) is 0 Å². The van der Waals surface area contributed by atoms with Crippen molar-refractivity contribution in [2.75, 3.05) is 0 Å². The first kappa shape index (κ1) is 10.4. The minimum Gasteiger partial charge on any atom is -0.327 e. The molecule has 0 aliphatic heterocycles. The standard InChI is InChI=1S/C13H17NO/c1-9-3-2-4-11(7-9)13(15)8-12(14)10-5-6-10/h2-4,7,10,12H,5-6,8,14H2,1H3. The third-order valence-corrected chi connectivity index (χ3v) is 2.99. The van der Waals surface area contributed by atoms with E-state index in [1.54, 1.807) is 0 Å². The highest BCUT2D eigenvalue weighted by Gasteiger charge is 2.29. The smallest absolute Gasteiger partial charge is 0.164 e. The quantitative estimate of drug-likeness (QED) is 0.763. The van der Waals surface area contributed by atoms with Crippen LogP contribution in [0.3, 0.4) is 0 Å². The zero-order valence-electron chi connectivity index (χ0n) is 9.07. The lowest BCUT2D eigenvalue weighted by Gasteiger charge is -2.09. The molecule has 2 heteroatoms. The van der Waals surface area contributed by atoms with E-state index in [-0.39, 0.29) is 11.8 Å². The average molecular weight is 203 g/mol. The summed E-state index contributed by atoms with van der Waals surface area (Å²) in [5.74, 6) is 0.775. The lowest BCUT2D eigenvalue weighted by Crippen LogP contribution is -2.25. The van der Waals surface area contributed by atoms with Gasteiger partial charge in [0.1, 0.15) is 0 Å². The van der Waals surface area contributed by atoms with Gasteiger partial charge in [-0.05, 0) is 31.7 Å². The zero-order chi connectivity index (χ0) is 10.8. The van der Waals surface area contributed by atoms with E-state index in [0.29, 0.717) is 12.3 Å². The van der Waals surface area contributed by atoms with Gasteiger partial charge in [-0.2, -0.15) is 0 Å². The van der Waals surface area contributed by atoms with Gasteiger partial charge in [0.05, 0.1) is 0 Å². The molecule has 0 heterocycles. The molecule has 2 N–H and O–H groups in total. The molecule has 1 unspecified atom stereocenters. The molecule has 80 valence electrons. The second-order valence-corrected chi connectivity index (χ2v) is 4.50. The maximum atomic E-state index is 11.9. The number of benzene rings is 1. The predicted molar refractivity (Wildman–Crippen MR) is 60.8 cm³/mol. The molecule has 1 aromatic rings. The van der Waals surface area contributed by atoms with Crippen molar-refractivity contribution in [3.8, 4) is 0 Å². The monoisotopic (exact) mass is 203 g/mol. The summed E-state index contributed by atoms with van der Waals surface area (Å²) in [5, 5.41) is 0. The lowest BCUT2D eigenvalue weighted by atomic mass is 10.0. The highest BCUT2D eigenvalue weighted by atomic mass is 16.1. The minimum absolute atomic E-state index is 0.0676. The van der Waals surface area contributed by atoms with Crippen LogP contribution in [0.2, 0.25) is 0 Å². The molecule has 0 amide bonds. The van der Waals surface area contributed by atoms with Gasteiger partial charge >= 0.3 is 0 Å². The van der Waals surface area contributed by atoms with Crippen LogP contribution in [-0.4, -0.2) is 11.8 Å². The Morgan fingerprint density at radius 3 is 2.87 bits per heavy atom. The van der Waals surface area contributed by atoms with Crippen LogP contribution in [0.4, 0.5) is 0 Å². The number of rotatable bonds is 4. The predicted octanol–water partition coefficient (Wildman–Crippen LogP) is 2.31. The molecular weight excluding hydrogens is 186 g/mol. The van der Waals surface area contributed by atoms with Gasteiger partial charge in [0, 0.05) is 18.0 Å². The Hall–Kier alpha value is -1.15. The molecule has 0 bridgehead atoms. The normalized spacial score (nSPS) is 17.5. The summed E-state index contributed by atoms with van der Waals surface area (Å²) in [5.41, 5.74) is 7.86. The van der Waals surface area contributed by atoms with Gasteiger partial charge in [-0.3, -0.25) is 4.79 Å². The minimum atomic E-state index is 0.0676. The van der Waals surface area contributed by atoms with Crippen molar-refractivity contribution in [3.05, 3.63) is 35.4 Å². The average Bonchev–Trinajstić information content (AvgIpc) is 3.00. The van der Waals surface area contributed by atoms with Gasteiger partial charge in [-0.15, -0.1) is 0 Å². The Morgan fingerprint density at radius 1 is 1.53 bits per heavy atom. The molecule has 0 saturated heterocycles. The highest BCUT2D eigenvalue weighted by molar-refractivity contribution is 5.96. The van der Waals surface area contributed by atoms with Gasteiger partial charge in [0.15, 0.2) is 5.78 Å². The fourth-order valence-corrected chi connectivity index (χ4v) is 1.84. The molecule has 15 heavy (non-hydrogen) atoms. The van der Waals surface area contributed by atoms with Crippen molar-refractivity contribution in [3.63, 3.8) is 0 Å². The highest BCUT2D eigenvalue weighted by Crippen LogP contribution is 2.33. The first-order chi connectivity index (χ1) is 7.16. The summed E-state index contributed by atoms with van der Waals surface area (Å²) in [6.07, 6.45) is 2.89. The van der Waals surface area contributed by atoms with E-state index < -0.39 is 0 Å². The fraction of sp³-hybridized carbons (Fsp3) is 0.462. The topological polar surface area (TPSA) is 43.1 Å². The number of hydrogen-bond donors (Lipinski definition) is 1. The second-order valence-electron chi connectivity index (χ2n) is 4.50. The molecule has 2 rings (SSSR count). The zero-order valence-corrected chi connectivity index (χ0v) is 9.07. The van der Waals surface area contributed by atoms with Gasteiger partial charge in [-0.1, -0.05) is 23.8 Å². The van der Waals surface area contributed by atoms with Crippen LogP contribution in [0, 0.1) is 12.8 Å². The van der Waals surface area contributed by atoms with Crippen LogP contribution in [0.15, 0.2) is 24.3 Å². The maximum Gasteiger partial charge on any atom is 0.164 e. The van der Waals surface area contributed by atoms with E-state index in [9.17, 15) is 4.79 Å². The number of carbonyl (C=O) groups excluding carboxylic acids is 1. The molecule has 1 saturated carbocycles. The molecule has 0 aromatic heterocycles. The summed E-state index contributed by atoms with van der Waals surface area (Å²) in [6, 6.07) is 7.79. The van der Waals surface area contributed by atoms with Crippen LogP contribution in [-0.2, 0) is 0 Å².